The Hall–Kier alpha value is -2.29. The van der Waals surface area contributed by atoms with Crippen molar-refractivity contribution in [2.45, 2.75) is 38.8 Å². The second kappa shape index (κ2) is 10.7. The van der Waals surface area contributed by atoms with Gasteiger partial charge in [0.15, 0.2) is 11.5 Å². The number of nitrogens with zero attached hydrogens (tertiary/aromatic N) is 3. The van der Waals surface area contributed by atoms with Crippen molar-refractivity contribution in [3.8, 4) is 23.4 Å². The van der Waals surface area contributed by atoms with Crippen LogP contribution in [0.5, 0.6) is 23.4 Å². The largest absolute Gasteiger partial charge is 0.504 e. The fraction of sp³-hybridized carbons (Fsp3) is 0.524. The van der Waals surface area contributed by atoms with Crippen molar-refractivity contribution in [2.75, 3.05) is 33.4 Å². The highest BCUT2D eigenvalue weighted by Gasteiger charge is 2.37. The van der Waals surface area contributed by atoms with Crippen LogP contribution in [0.2, 0.25) is 0 Å². The number of benzene rings is 1. The predicted octanol–water partition coefficient (Wildman–Crippen LogP) is 2.89. The second-order valence-electron chi connectivity index (χ2n) is 7.05. The summed E-state index contributed by atoms with van der Waals surface area (Å²) in [6, 6.07) is 5.61. The molecule has 0 unspecified atom stereocenters. The summed E-state index contributed by atoms with van der Waals surface area (Å²) in [7, 11) is 1.54. The van der Waals surface area contributed by atoms with Crippen molar-refractivity contribution in [3.05, 3.63) is 35.5 Å². The van der Waals surface area contributed by atoms with Gasteiger partial charge in [-0.3, -0.25) is 4.90 Å². The third kappa shape index (κ3) is 5.44. The quantitative estimate of drug-likeness (QED) is 0.648. The standard InChI is InChI=1S/C21H29N3O5.ClH/c1-4-28-19-16(13-22-20(23-19)29-5-2)21(26)8-10-24(11-9-21)14-15-6-7-17(25)18(12-15)27-3;/h6-7,12-13,25-26H,4-5,8-11,14H2,1-3H3;1H. The summed E-state index contributed by atoms with van der Waals surface area (Å²) >= 11 is 0. The smallest absolute Gasteiger partial charge is 0.319 e. The maximum atomic E-state index is 11.3. The van der Waals surface area contributed by atoms with E-state index in [-0.39, 0.29) is 24.2 Å². The average molecular weight is 440 g/mol. The predicted molar refractivity (Wildman–Crippen MR) is 115 cm³/mol. The second-order valence-corrected chi connectivity index (χ2v) is 7.05. The first-order chi connectivity index (χ1) is 14.0. The van der Waals surface area contributed by atoms with Gasteiger partial charge in [0.2, 0.25) is 5.88 Å². The molecule has 1 aromatic heterocycles. The highest BCUT2D eigenvalue weighted by atomic mass is 35.5. The van der Waals surface area contributed by atoms with Crippen molar-refractivity contribution in [2.24, 2.45) is 0 Å². The molecule has 1 saturated heterocycles. The Bertz CT molecular complexity index is 828. The molecule has 2 aromatic rings. The Morgan fingerprint density at radius 3 is 2.47 bits per heavy atom. The van der Waals surface area contributed by atoms with Crippen LogP contribution in [0.1, 0.15) is 37.8 Å². The fourth-order valence-corrected chi connectivity index (χ4v) is 3.54. The molecule has 30 heavy (non-hydrogen) atoms. The summed E-state index contributed by atoms with van der Waals surface area (Å²) in [5.74, 6) is 0.970. The van der Waals surface area contributed by atoms with E-state index in [0.717, 1.165) is 5.56 Å². The number of aromatic nitrogens is 2. The molecule has 8 nitrogen and oxygen atoms in total. The number of methoxy groups -OCH3 is 1. The number of ether oxygens (including phenoxy) is 3. The lowest BCUT2D eigenvalue weighted by Gasteiger charge is -2.38. The minimum atomic E-state index is -1.04. The van der Waals surface area contributed by atoms with E-state index < -0.39 is 5.60 Å². The lowest BCUT2D eigenvalue weighted by molar-refractivity contribution is -0.0303. The van der Waals surface area contributed by atoms with Gasteiger partial charge < -0.3 is 24.4 Å². The van der Waals surface area contributed by atoms with Gasteiger partial charge in [0.25, 0.3) is 0 Å². The monoisotopic (exact) mass is 439 g/mol. The molecule has 1 fully saturated rings. The molecule has 1 aromatic carbocycles. The number of aliphatic hydroxyl groups is 1. The van der Waals surface area contributed by atoms with Gasteiger partial charge in [-0.2, -0.15) is 4.98 Å². The summed E-state index contributed by atoms with van der Waals surface area (Å²) in [6.45, 7) is 6.78. The molecule has 1 aliphatic rings. The lowest BCUT2D eigenvalue weighted by atomic mass is 9.85. The van der Waals surface area contributed by atoms with Crippen molar-refractivity contribution >= 4 is 12.4 Å². The van der Waals surface area contributed by atoms with Crippen molar-refractivity contribution in [1.82, 2.24) is 14.9 Å². The number of rotatable bonds is 8. The number of halogens is 1. The van der Waals surface area contributed by atoms with Gasteiger partial charge in [-0.25, -0.2) is 4.98 Å². The Labute approximate surface area is 183 Å². The molecule has 166 valence electrons. The van der Waals surface area contributed by atoms with E-state index in [2.05, 4.69) is 14.9 Å². The zero-order chi connectivity index (χ0) is 20.9. The maximum absolute atomic E-state index is 11.3. The first-order valence-corrected chi connectivity index (χ1v) is 9.92. The van der Waals surface area contributed by atoms with Crippen LogP contribution in [0.15, 0.2) is 24.4 Å². The molecule has 0 amide bonds. The lowest BCUT2D eigenvalue weighted by Crippen LogP contribution is -2.42. The van der Waals surface area contributed by atoms with E-state index in [1.807, 2.05) is 26.0 Å². The van der Waals surface area contributed by atoms with Gasteiger partial charge in [0, 0.05) is 25.8 Å². The number of hydrogen-bond acceptors (Lipinski definition) is 8. The number of piperidine rings is 1. The molecule has 2 N–H and O–H groups in total. The Morgan fingerprint density at radius 1 is 1.13 bits per heavy atom. The summed E-state index contributed by atoms with van der Waals surface area (Å²) in [4.78, 5) is 10.8. The van der Waals surface area contributed by atoms with E-state index in [0.29, 0.717) is 62.9 Å². The van der Waals surface area contributed by atoms with E-state index in [1.165, 1.54) is 7.11 Å². The van der Waals surface area contributed by atoms with Crippen LogP contribution in [0.4, 0.5) is 0 Å². The van der Waals surface area contributed by atoms with E-state index >= 15 is 0 Å². The van der Waals surface area contributed by atoms with Crippen molar-refractivity contribution < 1.29 is 24.4 Å². The van der Waals surface area contributed by atoms with Gasteiger partial charge in [-0.05, 0) is 44.4 Å². The van der Waals surface area contributed by atoms with Crippen LogP contribution in [0, 0.1) is 0 Å². The molecule has 1 aliphatic heterocycles. The zero-order valence-electron chi connectivity index (χ0n) is 17.6. The van der Waals surface area contributed by atoms with Gasteiger partial charge in [0.1, 0.15) is 0 Å². The molecule has 0 atom stereocenters. The summed E-state index contributed by atoms with van der Waals surface area (Å²) < 4.78 is 16.2. The number of phenols is 1. The third-order valence-electron chi connectivity index (χ3n) is 5.12. The normalized spacial score (nSPS) is 15.9. The Kier molecular flexibility index (Phi) is 8.52. The average Bonchev–Trinajstić information content (AvgIpc) is 2.72. The van der Waals surface area contributed by atoms with Gasteiger partial charge in [-0.1, -0.05) is 6.07 Å². The summed E-state index contributed by atoms with van der Waals surface area (Å²) in [6.07, 6.45) is 2.70. The Morgan fingerprint density at radius 2 is 1.83 bits per heavy atom. The molecule has 0 saturated carbocycles. The van der Waals surface area contributed by atoms with Crippen LogP contribution in [-0.2, 0) is 12.1 Å². The molecular weight excluding hydrogens is 410 g/mol. The molecule has 9 heteroatoms. The topological polar surface area (TPSA) is 97.2 Å². The van der Waals surface area contributed by atoms with Crippen molar-refractivity contribution in [3.63, 3.8) is 0 Å². The number of phenolic OH excluding ortho intramolecular Hbond substituents is 1. The number of aromatic hydroxyl groups is 1. The molecule has 3 rings (SSSR count). The van der Waals surface area contributed by atoms with Gasteiger partial charge in [-0.15, -0.1) is 12.4 Å². The van der Waals surface area contributed by atoms with Gasteiger partial charge >= 0.3 is 6.01 Å². The third-order valence-corrected chi connectivity index (χ3v) is 5.12. The van der Waals surface area contributed by atoms with E-state index in [1.54, 1.807) is 12.3 Å². The highest BCUT2D eigenvalue weighted by Crippen LogP contribution is 2.38. The zero-order valence-corrected chi connectivity index (χ0v) is 18.4. The molecule has 0 bridgehead atoms. The molecule has 2 heterocycles. The number of hydrogen-bond donors (Lipinski definition) is 2. The Balaban J connectivity index is 0.00000320. The summed E-state index contributed by atoms with van der Waals surface area (Å²) in [5.41, 5.74) is 0.608. The molecular formula is C21H30ClN3O5. The van der Waals surface area contributed by atoms with Crippen LogP contribution < -0.4 is 14.2 Å². The fourth-order valence-electron chi connectivity index (χ4n) is 3.54. The minimum absolute atomic E-state index is 0. The molecule has 0 radical (unpaired) electrons. The first kappa shape index (κ1) is 24.0. The first-order valence-electron chi connectivity index (χ1n) is 9.92. The van der Waals surface area contributed by atoms with Crippen LogP contribution >= 0.6 is 12.4 Å². The van der Waals surface area contributed by atoms with Crippen LogP contribution in [0.3, 0.4) is 0 Å². The minimum Gasteiger partial charge on any atom is -0.504 e. The van der Waals surface area contributed by atoms with Crippen LogP contribution in [-0.4, -0.2) is 58.5 Å². The number of likely N-dealkylation sites (tertiary alicyclic amines) is 1. The van der Waals surface area contributed by atoms with E-state index in [4.69, 9.17) is 14.2 Å². The van der Waals surface area contributed by atoms with Gasteiger partial charge in [0.05, 0.1) is 31.5 Å². The maximum Gasteiger partial charge on any atom is 0.319 e. The molecule has 0 spiro atoms. The highest BCUT2D eigenvalue weighted by molar-refractivity contribution is 5.85. The molecule has 0 aliphatic carbocycles. The van der Waals surface area contributed by atoms with Crippen LogP contribution in [0.25, 0.3) is 0 Å². The van der Waals surface area contributed by atoms with E-state index in [9.17, 15) is 10.2 Å². The SMILES string of the molecule is CCOc1ncc(C2(O)CCN(Cc3ccc(O)c(OC)c3)CC2)c(OCC)n1.Cl. The van der Waals surface area contributed by atoms with Crippen molar-refractivity contribution in [1.29, 1.82) is 0 Å². The summed E-state index contributed by atoms with van der Waals surface area (Å²) in [5, 5.41) is 21.0.